The Labute approximate surface area is 142 Å². The van der Waals surface area contributed by atoms with Gasteiger partial charge in [0.1, 0.15) is 5.82 Å². The Hall–Kier alpha value is -2.61. The largest absolute Gasteiger partial charge is 0.461 e. The third-order valence-electron chi connectivity index (χ3n) is 3.34. The molecule has 3 aromatic rings. The molecule has 0 bridgehead atoms. The first-order valence-corrected chi connectivity index (χ1v) is 8.09. The number of aromatic nitrogens is 3. The lowest BCUT2D eigenvalue weighted by Gasteiger charge is -2.11. The topological polar surface area (TPSA) is 73.0 Å². The van der Waals surface area contributed by atoms with Gasteiger partial charge in [0.15, 0.2) is 16.7 Å². The molecule has 0 saturated carbocycles. The summed E-state index contributed by atoms with van der Waals surface area (Å²) in [6.45, 7) is 1.77. The Morgan fingerprint density at radius 1 is 1.29 bits per heavy atom. The van der Waals surface area contributed by atoms with Crippen LogP contribution in [0.4, 0.5) is 10.1 Å². The predicted octanol–water partition coefficient (Wildman–Crippen LogP) is 3.33. The molecule has 0 saturated heterocycles. The fraction of sp³-hybridized carbons (Fsp3) is 0.188. The first-order valence-electron chi connectivity index (χ1n) is 7.21. The molecule has 8 heteroatoms. The van der Waals surface area contributed by atoms with E-state index in [0.717, 1.165) is 0 Å². The van der Waals surface area contributed by atoms with Gasteiger partial charge in [0.25, 0.3) is 0 Å². The fourth-order valence-electron chi connectivity index (χ4n) is 2.03. The van der Waals surface area contributed by atoms with E-state index >= 15 is 0 Å². The van der Waals surface area contributed by atoms with Gasteiger partial charge in [-0.1, -0.05) is 11.8 Å². The third kappa shape index (κ3) is 3.48. The molecule has 0 fully saturated rings. The summed E-state index contributed by atoms with van der Waals surface area (Å²) in [7, 11) is 1.81. The molecule has 1 N–H and O–H groups in total. The van der Waals surface area contributed by atoms with Crippen LogP contribution in [0, 0.1) is 5.82 Å². The Morgan fingerprint density at radius 3 is 2.71 bits per heavy atom. The molecule has 1 unspecified atom stereocenters. The average molecular weight is 346 g/mol. The van der Waals surface area contributed by atoms with Gasteiger partial charge in [0.05, 0.1) is 11.5 Å². The summed E-state index contributed by atoms with van der Waals surface area (Å²) in [6, 6.07) is 9.19. The molecule has 0 aliphatic heterocycles. The van der Waals surface area contributed by atoms with Crippen molar-refractivity contribution >= 4 is 23.4 Å². The van der Waals surface area contributed by atoms with Crippen molar-refractivity contribution in [3.05, 3.63) is 48.5 Å². The molecule has 0 aliphatic rings. The molecule has 124 valence electrons. The van der Waals surface area contributed by atoms with Crippen molar-refractivity contribution in [2.75, 3.05) is 5.32 Å². The average Bonchev–Trinajstić information content (AvgIpc) is 3.20. The van der Waals surface area contributed by atoms with E-state index in [1.54, 1.807) is 29.9 Å². The first-order chi connectivity index (χ1) is 11.5. The summed E-state index contributed by atoms with van der Waals surface area (Å²) in [5.74, 6) is 0.656. The molecule has 0 spiro atoms. The standard InChI is InChI=1S/C16H15FN4O2S/c1-10(15(22)18-12-7-5-11(17)6-8-12)24-16-20-19-14(21(16)2)13-4-3-9-23-13/h3-10H,1-2H3,(H,18,22). The number of anilines is 1. The Kier molecular flexibility index (Phi) is 4.66. The summed E-state index contributed by atoms with van der Waals surface area (Å²) in [5, 5.41) is 11.1. The number of amides is 1. The van der Waals surface area contributed by atoms with Crippen molar-refractivity contribution < 1.29 is 13.6 Å². The first kappa shape index (κ1) is 16.3. The molecule has 6 nitrogen and oxygen atoms in total. The van der Waals surface area contributed by atoms with Crippen LogP contribution in [0.15, 0.2) is 52.2 Å². The molecule has 24 heavy (non-hydrogen) atoms. The van der Waals surface area contributed by atoms with E-state index in [4.69, 9.17) is 4.42 Å². The van der Waals surface area contributed by atoms with Gasteiger partial charge in [-0.2, -0.15) is 0 Å². The minimum atomic E-state index is -0.401. The molecule has 1 atom stereocenters. The lowest BCUT2D eigenvalue weighted by atomic mass is 10.3. The highest BCUT2D eigenvalue weighted by atomic mass is 32.2. The van der Waals surface area contributed by atoms with E-state index in [2.05, 4.69) is 15.5 Å². The quantitative estimate of drug-likeness (QED) is 0.717. The molecule has 1 aromatic carbocycles. The highest BCUT2D eigenvalue weighted by Crippen LogP contribution is 2.26. The maximum Gasteiger partial charge on any atom is 0.237 e. The SMILES string of the molecule is CC(Sc1nnc(-c2ccco2)n1C)C(=O)Nc1ccc(F)cc1. The minimum Gasteiger partial charge on any atom is -0.461 e. The molecule has 2 heterocycles. The molecule has 2 aromatic heterocycles. The van der Waals surface area contributed by atoms with Crippen molar-refractivity contribution in [1.29, 1.82) is 0 Å². The number of carbonyl (C=O) groups is 1. The number of thioether (sulfide) groups is 1. The lowest BCUT2D eigenvalue weighted by Crippen LogP contribution is -2.22. The van der Waals surface area contributed by atoms with E-state index in [1.165, 1.54) is 36.0 Å². The van der Waals surface area contributed by atoms with Crippen molar-refractivity contribution in [1.82, 2.24) is 14.8 Å². The number of halogens is 1. The molecule has 1 amide bonds. The van der Waals surface area contributed by atoms with Crippen molar-refractivity contribution in [2.24, 2.45) is 7.05 Å². The maximum absolute atomic E-state index is 12.9. The molecule has 0 radical (unpaired) electrons. The summed E-state index contributed by atoms with van der Waals surface area (Å²) in [4.78, 5) is 12.2. The Bertz CT molecular complexity index is 830. The van der Waals surface area contributed by atoms with Crippen molar-refractivity contribution in [2.45, 2.75) is 17.3 Å². The summed E-state index contributed by atoms with van der Waals surface area (Å²) < 4.78 is 20.0. The normalized spacial score (nSPS) is 12.1. The van der Waals surface area contributed by atoms with Crippen LogP contribution in [-0.2, 0) is 11.8 Å². The number of furan rings is 1. The number of rotatable bonds is 5. The van der Waals surface area contributed by atoms with Crippen LogP contribution < -0.4 is 5.32 Å². The van der Waals surface area contributed by atoms with Crippen LogP contribution >= 0.6 is 11.8 Å². The summed E-state index contributed by atoms with van der Waals surface area (Å²) in [5.41, 5.74) is 0.545. The van der Waals surface area contributed by atoms with E-state index in [-0.39, 0.29) is 11.7 Å². The number of carbonyl (C=O) groups excluding carboxylic acids is 1. The second-order valence-corrected chi connectivity index (χ2v) is 6.41. The van der Waals surface area contributed by atoms with Crippen LogP contribution in [0.25, 0.3) is 11.6 Å². The van der Waals surface area contributed by atoms with Crippen LogP contribution in [0.2, 0.25) is 0 Å². The molecule has 3 rings (SSSR count). The maximum atomic E-state index is 12.9. The zero-order chi connectivity index (χ0) is 17.1. The molecule has 0 aliphatic carbocycles. The molecular weight excluding hydrogens is 331 g/mol. The van der Waals surface area contributed by atoms with Crippen LogP contribution in [0.3, 0.4) is 0 Å². The van der Waals surface area contributed by atoms with Gasteiger partial charge in [-0.05, 0) is 43.3 Å². The second kappa shape index (κ2) is 6.88. The molecular formula is C16H15FN4O2S. The van der Waals surface area contributed by atoms with Gasteiger partial charge in [-0.3, -0.25) is 4.79 Å². The zero-order valence-corrected chi connectivity index (χ0v) is 13.9. The summed E-state index contributed by atoms with van der Waals surface area (Å²) in [6.07, 6.45) is 1.57. The highest BCUT2D eigenvalue weighted by molar-refractivity contribution is 8.00. The van der Waals surface area contributed by atoms with Gasteiger partial charge in [-0.15, -0.1) is 10.2 Å². The highest BCUT2D eigenvalue weighted by Gasteiger charge is 2.20. The summed E-state index contributed by atoms with van der Waals surface area (Å²) >= 11 is 1.28. The van der Waals surface area contributed by atoms with Gasteiger partial charge in [-0.25, -0.2) is 4.39 Å². The van der Waals surface area contributed by atoms with E-state index in [9.17, 15) is 9.18 Å². The number of benzene rings is 1. The van der Waals surface area contributed by atoms with Crippen molar-refractivity contribution in [3.8, 4) is 11.6 Å². The van der Waals surface area contributed by atoms with Gasteiger partial charge in [0, 0.05) is 12.7 Å². The van der Waals surface area contributed by atoms with Gasteiger partial charge < -0.3 is 14.3 Å². The van der Waals surface area contributed by atoms with Gasteiger partial charge >= 0.3 is 0 Å². The number of hydrogen-bond donors (Lipinski definition) is 1. The Morgan fingerprint density at radius 2 is 2.04 bits per heavy atom. The smallest absolute Gasteiger partial charge is 0.237 e. The minimum absolute atomic E-state index is 0.200. The fourth-order valence-corrected chi connectivity index (χ4v) is 2.84. The monoisotopic (exact) mass is 346 g/mol. The van der Waals surface area contributed by atoms with E-state index < -0.39 is 5.25 Å². The number of hydrogen-bond acceptors (Lipinski definition) is 5. The van der Waals surface area contributed by atoms with Crippen LogP contribution in [0.1, 0.15) is 6.92 Å². The van der Waals surface area contributed by atoms with Crippen LogP contribution in [-0.4, -0.2) is 25.9 Å². The lowest BCUT2D eigenvalue weighted by molar-refractivity contribution is -0.115. The number of nitrogens with zero attached hydrogens (tertiary/aromatic N) is 3. The van der Waals surface area contributed by atoms with Gasteiger partial charge in [0.2, 0.25) is 5.91 Å². The second-order valence-electron chi connectivity index (χ2n) is 5.10. The van der Waals surface area contributed by atoms with Crippen LogP contribution in [0.5, 0.6) is 0 Å². The zero-order valence-electron chi connectivity index (χ0n) is 13.1. The Balaban J connectivity index is 1.67. The predicted molar refractivity (Wildman–Crippen MR) is 89.1 cm³/mol. The van der Waals surface area contributed by atoms with Crippen molar-refractivity contribution in [3.63, 3.8) is 0 Å². The third-order valence-corrected chi connectivity index (χ3v) is 4.47. The number of nitrogens with one attached hydrogen (secondary N) is 1. The van der Waals surface area contributed by atoms with E-state index in [1.807, 2.05) is 7.05 Å². The van der Waals surface area contributed by atoms with E-state index in [0.29, 0.717) is 22.4 Å².